The van der Waals surface area contributed by atoms with E-state index in [2.05, 4.69) is 13.8 Å². The largest absolute Gasteiger partial charge is 0.474 e. The molecule has 228 valence electrons. The maximum absolute atomic E-state index is 6.10. The van der Waals surface area contributed by atoms with Gasteiger partial charge in [-0.25, -0.2) is 9.97 Å². The number of unbranched alkanes of at least 4 members (excludes halogenated alkanes) is 22. The second kappa shape index (κ2) is 24.9. The molecule has 0 N–H and O–H groups in total. The summed E-state index contributed by atoms with van der Waals surface area (Å²) >= 11 is 0. The molecule has 40 heavy (non-hydrogen) atoms. The molecule has 1 aromatic heterocycles. The molecule has 0 amide bonds. The lowest BCUT2D eigenvalue weighted by Crippen LogP contribution is -2.06. The van der Waals surface area contributed by atoms with Crippen molar-refractivity contribution in [1.29, 1.82) is 0 Å². The zero-order chi connectivity index (χ0) is 28.4. The quantitative estimate of drug-likeness (QED) is 0.0981. The van der Waals surface area contributed by atoms with Gasteiger partial charge < -0.3 is 9.47 Å². The Morgan fingerprint density at radius 3 is 0.975 bits per heavy atom. The molecule has 0 saturated heterocycles. The van der Waals surface area contributed by atoms with Crippen molar-refractivity contribution < 1.29 is 9.47 Å². The number of rotatable bonds is 28. The van der Waals surface area contributed by atoms with E-state index in [4.69, 9.17) is 19.4 Å². The average molecular weight is 555 g/mol. The molecule has 0 aliphatic rings. The lowest BCUT2D eigenvalue weighted by Gasteiger charge is -2.12. The Bertz CT molecular complexity index is 772. The van der Waals surface area contributed by atoms with Gasteiger partial charge in [0.15, 0.2) is 0 Å². The van der Waals surface area contributed by atoms with E-state index in [9.17, 15) is 0 Å². The van der Waals surface area contributed by atoms with Gasteiger partial charge in [-0.15, -0.1) is 0 Å². The van der Waals surface area contributed by atoms with Gasteiger partial charge in [0.25, 0.3) is 11.8 Å². The standard InChI is InChI=1S/C36H62N2O2/c1-3-5-7-9-11-13-15-17-19-21-23-27-31-39-35-36(38-34-30-26-25-29-33(34)37-35)40-32-28-24-22-20-18-16-14-12-10-8-6-4-2/h25-26,29-30H,3-24,27-28,31-32H2,1-2H3. The molecule has 0 saturated carbocycles. The van der Waals surface area contributed by atoms with Crippen LogP contribution in [0, 0.1) is 0 Å². The highest BCUT2D eigenvalue weighted by molar-refractivity contribution is 5.75. The van der Waals surface area contributed by atoms with E-state index < -0.39 is 0 Å². The number of nitrogens with zero attached hydrogens (tertiary/aromatic N) is 2. The molecule has 4 nitrogen and oxygen atoms in total. The van der Waals surface area contributed by atoms with Gasteiger partial charge in [-0.05, 0) is 25.0 Å². The minimum Gasteiger partial charge on any atom is -0.474 e. The molecule has 4 heteroatoms. The highest BCUT2D eigenvalue weighted by atomic mass is 16.5. The molecule has 2 rings (SSSR count). The fourth-order valence-corrected chi connectivity index (χ4v) is 5.38. The Kier molecular flexibility index (Phi) is 21.4. The summed E-state index contributed by atoms with van der Waals surface area (Å²) < 4.78 is 12.2. The van der Waals surface area contributed by atoms with Crippen LogP contribution in [-0.2, 0) is 0 Å². The SMILES string of the molecule is CCCCCCCCCCCCCCOc1nc2ccccc2nc1OCCCCCCCCCCCCCC. The summed E-state index contributed by atoms with van der Waals surface area (Å²) in [4.78, 5) is 9.48. The van der Waals surface area contributed by atoms with Gasteiger partial charge in [-0.2, -0.15) is 0 Å². The predicted molar refractivity (Wildman–Crippen MR) is 173 cm³/mol. The number of benzene rings is 1. The van der Waals surface area contributed by atoms with Crippen LogP contribution >= 0.6 is 0 Å². The number of para-hydroxylation sites is 2. The molecule has 0 unspecified atom stereocenters. The van der Waals surface area contributed by atoms with Gasteiger partial charge in [-0.1, -0.05) is 167 Å². The predicted octanol–water partition coefficient (Wildman–Crippen LogP) is 11.8. The van der Waals surface area contributed by atoms with E-state index in [0.29, 0.717) is 25.0 Å². The molecule has 0 aliphatic heterocycles. The van der Waals surface area contributed by atoms with E-state index in [-0.39, 0.29) is 0 Å². The van der Waals surface area contributed by atoms with Crippen LogP contribution in [0.4, 0.5) is 0 Å². The fourth-order valence-electron chi connectivity index (χ4n) is 5.38. The van der Waals surface area contributed by atoms with Crippen LogP contribution in [0.2, 0.25) is 0 Å². The van der Waals surface area contributed by atoms with Crippen LogP contribution in [0.25, 0.3) is 11.0 Å². The van der Waals surface area contributed by atoms with Gasteiger partial charge in [-0.3, -0.25) is 0 Å². The Morgan fingerprint density at radius 1 is 0.400 bits per heavy atom. The average Bonchev–Trinajstić information content (AvgIpc) is 2.97. The Morgan fingerprint density at radius 2 is 0.675 bits per heavy atom. The van der Waals surface area contributed by atoms with Crippen LogP contribution in [0.1, 0.15) is 168 Å². The summed E-state index contributed by atoms with van der Waals surface area (Å²) in [5.41, 5.74) is 1.73. The Labute approximate surface area is 247 Å². The summed E-state index contributed by atoms with van der Waals surface area (Å²) in [5.74, 6) is 1.11. The van der Waals surface area contributed by atoms with Crippen molar-refractivity contribution in [3.05, 3.63) is 24.3 Å². The zero-order valence-electron chi connectivity index (χ0n) is 26.4. The van der Waals surface area contributed by atoms with Gasteiger partial charge in [0, 0.05) is 0 Å². The van der Waals surface area contributed by atoms with E-state index in [0.717, 1.165) is 23.9 Å². The lowest BCUT2D eigenvalue weighted by molar-refractivity contribution is 0.243. The van der Waals surface area contributed by atoms with Crippen molar-refractivity contribution in [1.82, 2.24) is 9.97 Å². The molecular formula is C36H62N2O2. The van der Waals surface area contributed by atoms with Crippen molar-refractivity contribution >= 4 is 11.0 Å². The second-order valence-corrected chi connectivity index (χ2v) is 11.8. The van der Waals surface area contributed by atoms with Crippen molar-refractivity contribution in [3.8, 4) is 11.8 Å². The Balaban J connectivity index is 1.57. The molecule has 0 fully saturated rings. The van der Waals surface area contributed by atoms with Crippen LogP contribution in [0.3, 0.4) is 0 Å². The summed E-state index contributed by atoms with van der Waals surface area (Å²) in [6, 6.07) is 7.99. The number of fused-ring (bicyclic) bond motifs is 1. The van der Waals surface area contributed by atoms with Gasteiger partial charge in [0.1, 0.15) is 0 Å². The van der Waals surface area contributed by atoms with Gasteiger partial charge in [0.2, 0.25) is 0 Å². The Hall–Kier alpha value is -1.84. The monoisotopic (exact) mass is 554 g/mol. The van der Waals surface area contributed by atoms with Crippen molar-refractivity contribution in [2.45, 2.75) is 168 Å². The maximum Gasteiger partial charge on any atom is 0.278 e. The summed E-state index contributed by atoms with van der Waals surface area (Å²) in [5, 5.41) is 0. The molecule has 2 aromatic rings. The van der Waals surface area contributed by atoms with E-state index in [1.54, 1.807) is 0 Å². The lowest BCUT2D eigenvalue weighted by atomic mass is 10.1. The van der Waals surface area contributed by atoms with Crippen molar-refractivity contribution in [3.63, 3.8) is 0 Å². The molecule has 0 atom stereocenters. The van der Waals surface area contributed by atoms with Crippen LogP contribution in [-0.4, -0.2) is 23.2 Å². The van der Waals surface area contributed by atoms with Crippen molar-refractivity contribution in [2.75, 3.05) is 13.2 Å². The van der Waals surface area contributed by atoms with E-state index in [1.165, 1.54) is 141 Å². The van der Waals surface area contributed by atoms with Crippen LogP contribution in [0.5, 0.6) is 11.8 Å². The minimum absolute atomic E-state index is 0.556. The molecule has 0 bridgehead atoms. The third-order valence-corrected chi connectivity index (χ3v) is 7.98. The highest BCUT2D eigenvalue weighted by Crippen LogP contribution is 2.26. The van der Waals surface area contributed by atoms with Crippen LogP contribution in [0.15, 0.2) is 24.3 Å². The topological polar surface area (TPSA) is 44.2 Å². The third-order valence-electron chi connectivity index (χ3n) is 7.98. The molecule has 0 radical (unpaired) electrons. The first-order valence-electron chi connectivity index (χ1n) is 17.4. The summed E-state index contributed by atoms with van der Waals surface area (Å²) in [6.07, 6.45) is 32.2. The molecule has 1 heterocycles. The van der Waals surface area contributed by atoms with Gasteiger partial charge in [0.05, 0.1) is 24.2 Å². The number of ether oxygens (including phenoxy) is 2. The van der Waals surface area contributed by atoms with Crippen LogP contribution < -0.4 is 9.47 Å². The maximum atomic E-state index is 6.10. The molecular weight excluding hydrogens is 492 g/mol. The fraction of sp³-hybridized carbons (Fsp3) is 0.778. The first kappa shape index (κ1) is 34.4. The molecule has 1 aromatic carbocycles. The van der Waals surface area contributed by atoms with Crippen molar-refractivity contribution in [2.24, 2.45) is 0 Å². The zero-order valence-corrected chi connectivity index (χ0v) is 26.4. The molecule has 0 aliphatic carbocycles. The normalized spacial score (nSPS) is 11.3. The number of hydrogen-bond donors (Lipinski definition) is 0. The smallest absolute Gasteiger partial charge is 0.278 e. The van der Waals surface area contributed by atoms with Gasteiger partial charge >= 0.3 is 0 Å². The van der Waals surface area contributed by atoms with E-state index in [1.807, 2.05) is 24.3 Å². The third kappa shape index (κ3) is 17.1. The minimum atomic E-state index is 0.556. The summed E-state index contributed by atoms with van der Waals surface area (Å²) in [7, 11) is 0. The summed E-state index contributed by atoms with van der Waals surface area (Å²) in [6.45, 7) is 5.93. The first-order chi connectivity index (χ1) is 19.8. The number of aromatic nitrogens is 2. The number of hydrogen-bond acceptors (Lipinski definition) is 4. The molecule has 0 spiro atoms. The highest BCUT2D eigenvalue weighted by Gasteiger charge is 2.12. The van der Waals surface area contributed by atoms with E-state index >= 15 is 0 Å². The second-order valence-electron chi connectivity index (χ2n) is 11.8. The first-order valence-corrected chi connectivity index (χ1v) is 17.4.